The normalized spacial score (nSPS) is 17.0. The first-order valence-electron chi connectivity index (χ1n) is 9.64. The number of hydrogen-bond acceptors (Lipinski definition) is 4. The molecule has 0 radical (unpaired) electrons. The van der Waals surface area contributed by atoms with Gasteiger partial charge in [0.2, 0.25) is 0 Å². The van der Waals surface area contributed by atoms with Crippen molar-refractivity contribution in [1.29, 1.82) is 0 Å². The van der Waals surface area contributed by atoms with Crippen molar-refractivity contribution in [3.8, 4) is 0 Å². The average molecular weight is 375 g/mol. The second-order valence-electron chi connectivity index (χ2n) is 7.42. The van der Waals surface area contributed by atoms with Crippen molar-refractivity contribution >= 4 is 11.6 Å². The van der Waals surface area contributed by atoms with Crippen LogP contribution in [0, 0.1) is 6.92 Å². The van der Waals surface area contributed by atoms with Gasteiger partial charge in [0.15, 0.2) is 0 Å². The second kappa shape index (κ2) is 7.84. The molecule has 3 aromatic rings. The van der Waals surface area contributed by atoms with Crippen molar-refractivity contribution in [1.82, 2.24) is 19.7 Å². The van der Waals surface area contributed by atoms with Gasteiger partial charge in [-0.25, -0.2) is 9.67 Å². The van der Waals surface area contributed by atoms with Crippen molar-refractivity contribution in [2.24, 2.45) is 0 Å². The molecule has 0 unspecified atom stereocenters. The summed E-state index contributed by atoms with van der Waals surface area (Å²) in [7, 11) is 0. The fourth-order valence-electron chi connectivity index (χ4n) is 3.77. The van der Waals surface area contributed by atoms with Crippen LogP contribution in [0.4, 0.5) is 5.69 Å². The Labute approximate surface area is 165 Å². The van der Waals surface area contributed by atoms with E-state index >= 15 is 0 Å². The van der Waals surface area contributed by atoms with Gasteiger partial charge in [-0.3, -0.25) is 4.79 Å². The van der Waals surface area contributed by atoms with Crippen molar-refractivity contribution in [2.45, 2.75) is 26.4 Å². The van der Waals surface area contributed by atoms with Gasteiger partial charge in [-0.2, -0.15) is 5.10 Å². The quantitative estimate of drug-likeness (QED) is 0.703. The molecule has 1 amide bonds. The summed E-state index contributed by atoms with van der Waals surface area (Å²) >= 11 is 0. The molecule has 0 aliphatic carbocycles. The van der Waals surface area contributed by atoms with Gasteiger partial charge in [-0.05, 0) is 49.2 Å². The molecular formula is C22H25N5O. The molecule has 1 aliphatic heterocycles. The second-order valence-corrected chi connectivity index (χ2v) is 7.42. The number of aryl methyl sites for hydroxylation is 1. The minimum Gasteiger partial charge on any atom is -0.365 e. The highest BCUT2D eigenvalue weighted by Crippen LogP contribution is 2.22. The Kier molecular flexibility index (Phi) is 5.10. The summed E-state index contributed by atoms with van der Waals surface area (Å²) in [6, 6.07) is 16.6. The van der Waals surface area contributed by atoms with Gasteiger partial charge in [0, 0.05) is 36.9 Å². The van der Waals surface area contributed by atoms with E-state index in [-0.39, 0.29) is 11.9 Å². The highest BCUT2D eigenvalue weighted by molar-refractivity contribution is 5.94. The molecule has 1 atom stereocenters. The molecule has 28 heavy (non-hydrogen) atoms. The molecule has 2 heterocycles. The Balaban J connectivity index is 1.40. The Morgan fingerprint density at radius 1 is 1.14 bits per heavy atom. The molecule has 6 nitrogen and oxygen atoms in total. The van der Waals surface area contributed by atoms with Gasteiger partial charge in [0.05, 0.1) is 6.54 Å². The van der Waals surface area contributed by atoms with E-state index < -0.39 is 0 Å². The van der Waals surface area contributed by atoms with Crippen molar-refractivity contribution in [2.75, 3.05) is 24.5 Å². The van der Waals surface area contributed by atoms with E-state index in [4.69, 9.17) is 0 Å². The Morgan fingerprint density at radius 2 is 1.96 bits per heavy atom. The zero-order chi connectivity index (χ0) is 19.5. The highest BCUT2D eigenvalue weighted by atomic mass is 16.2. The van der Waals surface area contributed by atoms with Crippen LogP contribution in [0.5, 0.6) is 0 Å². The fraction of sp³-hybridized carbons (Fsp3) is 0.318. The van der Waals surface area contributed by atoms with Crippen LogP contribution < -0.4 is 4.90 Å². The maximum atomic E-state index is 13.0. The molecule has 0 saturated carbocycles. The molecule has 1 fully saturated rings. The van der Waals surface area contributed by atoms with Gasteiger partial charge in [-0.15, -0.1) is 0 Å². The van der Waals surface area contributed by atoms with Crippen LogP contribution in [0.15, 0.2) is 61.2 Å². The number of benzene rings is 2. The zero-order valence-corrected chi connectivity index (χ0v) is 16.3. The van der Waals surface area contributed by atoms with Gasteiger partial charge in [0.25, 0.3) is 5.91 Å². The minimum absolute atomic E-state index is 0.100. The molecule has 1 aliphatic rings. The Bertz CT molecular complexity index is 936. The summed E-state index contributed by atoms with van der Waals surface area (Å²) in [6.45, 7) is 7.26. The highest BCUT2D eigenvalue weighted by Gasteiger charge is 2.27. The lowest BCUT2D eigenvalue weighted by Gasteiger charge is -2.41. The van der Waals surface area contributed by atoms with E-state index in [1.165, 1.54) is 17.6 Å². The van der Waals surface area contributed by atoms with Crippen LogP contribution in [0.2, 0.25) is 0 Å². The van der Waals surface area contributed by atoms with Gasteiger partial charge in [-0.1, -0.05) is 24.3 Å². The maximum Gasteiger partial charge on any atom is 0.253 e. The van der Waals surface area contributed by atoms with Crippen molar-refractivity contribution in [3.63, 3.8) is 0 Å². The predicted molar refractivity (Wildman–Crippen MR) is 109 cm³/mol. The first-order valence-corrected chi connectivity index (χ1v) is 9.64. The Morgan fingerprint density at radius 3 is 2.64 bits per heavy atom. The zero-order valence-electron chi connectivity index (χ0n) is 16.3. The topological polar surface area (TPSA) is 54.3 Å². The molecular weight excluding hydrogens is 350 g/mol. The van der Waals surface area contributed by atoms with E-state index in [0.29, 0.717) is 6.54 Å². The smallest absolute Gasteiger partial charge is 0.253 e. The number of rotatable bonds is 4. The molecule has 6 heteroatoms. The first kappa shape index (κ1) is 18.2. The molecule has 144 valence electrons. The number of anilines is 1. The van der Waals surface area contributed by atoms with Crippen LogP contribution in [0.3, 0.4) is 0 Å². The molecule has 0 bridgehead atoms. The molecule has 1 saturated heterocycles. The number of nitrogens with zero attached hydrogens (tertiary/aromatic N) is 5. The third-order valence-corrected chi connectivity index (χ3v) is 5.26. The van der Waals surface area contributed by atoms with Crippen molar-refractivity contribution < 1.29 is 4.79 Å². The van der Waals surface area contributed by atoms with E-state index in [2.05, 4.69) is 53.1 Å². The number of amides is 1. The summed E-state index contributed by atoms with van der Waals surface area (Å²) in [5.41, 5.74) is 4.32. The standard InChI is InChI=1S/C22H25N5O/c1-17-4-3-5-21(12-17)27-11-10-25(13-18(27)2)22(28)20-8-6-19(7-9-20)14-26-16-23-15-24-26/h3-9,12,15-16,18H,10-11,13-14H2,1-2H3/t18-/m1/s1. The fourth-order valence-corrected chi connectivity index (χ4v) is 3.77. The summed E-state index contributed by atoms with van der Waals surface area (Å²) in [6.07, 6.45) is 3.21. The van der Waals surface area contributed by atoms with Gasteiger partial charge in [0.1, 0.15) is 12.7 Å². The SMILES string of the molecule is Cc1cccc(N2CCN(C(=O)c3ccc(Cn4cncn4)cc3)C[C@H]2C)c1. The largest absolute Gasteiger partial charge is 0.365 e. The summed E-state index contributed by atoms with van der Waals surface area (Å²) in [5.74, 6) is 0.100. The Hall–Kier alpha value is -3.15. The van der Waals surface area contributed by atoms with Gasteiger partial charge >= 0.3 is 0 Å². The molecule has 4 rings (SSSR count). The van der Waals surface area contributed by atoms with Crippen LogP contribution in [0.25, 0.3) is 0 Å². The minimum atomic E-state index is 0.100. The molecule has 1 aromatic heterocycles. The van der Waals surface area contributed by atoms with Crippen LogP contribution in [0.1, 0.15) is 28.4 Å². The number of hydrogen-bond donors (Lipinski definition) is 0. The van der Waals surface area contributed by atoms with E-state index in [0.717, 1.165) is 30.8 Å². The van der Waals surface area contributed by atoms with Crippen molar-refractivity contribution in [3.05, 3.63) is 77.9 Å². The molecule has 0 N–H and O–H groups in total. The average Bonchev–Trinajstić information content (AvgIpc) is 3.21. The van der Waals surface area contributed by atoms with E-state index in [1.54, 1.807) is 11.0 Å². The van der Waals surface area contributed by atoms with E-state index in [1.807, 2.05) is 29.2 Å². The number of carbonyl (C=O) groups is 1. The lowest BCUT2D eigenvalue weighted by Crippen LogP contribution is -2.53. The monoisotopic (exact) mass is 375 g/mol. The molecule has 2 aromatic carbocycles. The summed E-state index contributed by atoms with van der Waals surface area (Å²) in [5, 5.41) is 4.11. The van der Waals surface area contributed by atoms with Crippen LogP contribution in [-0.4, -0.2) is 51.2 Å². The van der Waals surface area contributed by atoms with E-state index in [9.17, 15) is 4.79 Å². The van der Waals surface area contributed by atoms with Crippen LogP contribution >= 0.6 is 0 Å². The summed E-state index contributed by atoms with van der Waals surface area (Å²) < 4.78 is 1.77. The number of aromatic nitrogens is 3. The number of carbonyl (C=O) groups excluding carboxylic acids is 1. The third-order valence-electron chi connectivity index (χ3n) is 5.26. The number of piperazine rings is 1. The first-order chi connectivity index (χ1) is 13.6. The predicted octanol–water partition coefficient (Wildman–Crippen LogP) is 2.99. The van der Waals surface area contributed by atoms with Crippen LogP contribution in [-0.2, 0) is 6.54 Å². The molecule has 0 spiro atoms. The lowest BCUT2D eigenvalue weighted by atomic mass is 10.1. The summed E-state index contributed by atoms with van der Waals surface area (Å²) in [4.78, 5) is 21.3. The third kappa shape index (κ3) is 3.91. The van der Waals surface area contributed by atoms with Gasteiger partial charge < -0.3 is 9.80 Å². The maximum absolute atomic E-state index is 13.0. The lowest BCUT2D eigenvalue weighted by molar-refractivity contribution is 0.0726.